The van der Waals surface area contributed by atoms with Crippen LogP contribution in [-0.2, 0) is 14.8 Å². The molecule has 0 aliphatic carbocycles. The summed E-state index contributed by atoms with van der Waals surface area (Å²) >= 11 is 1.31. The highest BCUT2D eigenvalue weighted by Crippen LogP contribution is 2.18. The molecule has 0 unspecified atom stereocenters. The molecule has 1 aromatic heterocycles. The first-order chi connectivity index (χ1) is 11.1. The molecule has 1 amide bonds. The monoisotopic (exact) mass is 353 g/mol. The number of hydrogen-bond acceptors (Lipinski definition) is 6. The number of carbonyl (C=O) groups is 1. The average molecular weight is 353 g/mol. The van der Waals surface area contributed by atoms with Crippen LogP contribution in [-0.4, -0.2) is 49.9 Å². The Bertz CT molecular complexity index is 767. The fraction of sp³-hybridized carbons (Fsp3) is 0.286. The Morgan fingerprint density at radius 3 is 2.52 bits per heavy atom. The van der Waals surface area contributed by atoms with E-state index in [1.54, 1.807) is 11.6 Å². The predicted molar refractivity (Wildman–Crippen MR) is 86.1 cm³/mol. The molecule has 0 saturated carbocycles. The molecule has 9 heteroatoms. The Hall–Kier alpha value is -1.81. The van der Waals surface area contributed by atoms with Crippen molar-refractivity contribution in [1.29, 1.82) is 0 Å². The number of nitrogens with one attached hydrogen (secondary N) is 1. The van der Waals surface area contributed by atoms with Gasteiger partial charge in [-0.15, -0.1) is 11.3 Å². The third-order valence-corrected chi connectivity index (χ3v) is 5.98. The second-order valence-electron chi connectivity index (χ2n) is 4.83. The van der Waals surface area contributed by atoms with E-state index in [1.165, 1.54) is 39.9 Å². The zero-order valence-corrected chi connectivity index (χ0v) is 13.8. The summed E-state index contributed by atoms with van der Waals surface area (Å²) in [7, 11) is -3.54. The summed E-state index contributed by atoms with van der Waals surface area (Å²) in [5, 5.41) is 4.91. The molecular weight excluding hydrogens is 338 g/mol. The first kappa shape index (κ1) is 16.1. The van der Waals surface area contributed by atoms with Gasteiger partial charge in [0.15, 0.2) is 5.13 Å². The van der Waals surface area contributed by atoms with E-state index in [4.69, 9.17) is 4.74 Å². The first-order valence-electron chi connectivity index (χ1n) is 6.96. The summed E-state index contributed by atoms with van der Waals surface area (Å²) in [5.74, 6) is -0.324. The number of anilines is 1. The average Bonchev–Trinajstić information content (AvgIpc) is 3.09. The van der Waals surface area contributed by atoms with Crippen LogP contribution in [0.25, 0.3) is 0 Å². The lowest BCUT2D eigenvalue weighted by Gasteiger charge is -2.26. The second-order valence-corrected chi connectivity index (χ2v) is 7.66. The van der Waals surface area contributed by atoms with Gasteiger partial charge in [-0.1, -0.05) is 0 Å². The number of amides is 1. The van der Waals surface area contributed by atoms with Crippen molar-refractivity contribution in [1.82, 2.24) is 9.29 Å². The van der Waals surface area contributed by atoms with Crippen LogP contribution in [0.1, 0.15) is 10.4 Å². The van der Waals surface area contributed by atoms with Crippen molar-refractivity contribution in [2.75, 3.05) is 31.6 Å². The van der Waals surface area contributed by atoms with Gasteiger partial charge >= 0.3 is 0 Å². The highest BCUT2D eigenvalue weighted by molar-refractivity contribution is 7.89. The van der Waals surface area contributed by atoms with Gasteiger partial charge in [-0.05, 0) is 24.3 Å². The minimum atomic E-state index is -3.54. The number of benzene rings is 1. The number of aromatic nitrogens is 1. The van der Waals surface area contributed by atoms with E-state index >= 15 is 0 Å². The summed E-state index contributed by atoms with van der Waals surface area (Å²) < 4.78 is 31.5. The summed E-state index contributed by atoms with van der Waals surface area (Å²) in [5.41, 5.74) is 0.376. The molecule has 0 radical (unpaired) electrons. The van der Waals surface area contributed by atoms with Crippen molar-refractivity contribution < 1.29 is 17.9 Å². The van der Waals surface area contributed by atoms with Crippen LogP contribution in [0.5, 0.6) is 0 Å². The predicted octanol–water partition coefficient (Wildman–Crippen LogP) is 1.42. The number of sulfonamides is 1. The fourth-order valence-corrected chi connectivity index (χ4v) is 4.10. The van der Waals surface area contributed by atoms with E-state index in [0.717, 1.165) is 0 Å². The molecule has 3 rings (SSSR count). The Balaban J connectivity index is 1.74. The molecule has 2 aromatic rings. The van der Waals surface area contributed by atoms with Crippen LogP contribution in [0.2, 0.25) is 0 Å². The van der Waals surface area contributed by atoms with E-state index in [1.807, 2.05) is 0 Å². The lowest BCUT2D eigenvalue weighted by molar-refractivity contribution is 0.0730. The van der Waals surface area contributed by atoms with E-state index in [9.17, 15) is 13.2 Å². The van der Waals surface area contributed by atoms with Gasteiger partial charge in [0.25, 0.3) is 5.91 Å². The van der Waals surface area contributed by atoms with Crippen LogP contribution < -0.4 is 5.32 Å². The third-order valence-electron chi connectivity index (χ3n) is 3.38. The highest BCUT2D eigenvalue weighted by Gasteiger charge is 2.26. The number of rotatable bonds is 4. The molecule has 0 spiro atoms. The highest BCUT2D eigenvalue weighted by atomic mass is 32.2. The third kappa shape index (κ3) is 3.58. The van der Waals surface area contributed by atoms with Crippen molar-refractivity contribution in [2.45, 2.75) is 4.90 Å². The van der Waals surface area contributed by atoms with Crippen molar-refractivity contribution in [3.8, 4) is 0 Å². The quantitative estimate of drug-likeness (QED) is 0.898. The van der Waals surface area contributed by atoms with Crippen LogP contribution >= 0.6 is 11.3 Å². The van der Waals surface area contributed by atoms with Crippen molar-refractivity contribution in [2.24, 2.45) is 0 Å². The minimum Gasteiger partial charge on any atom is -0.379 e. The topological polar surface area (TPSA) is 88.6 Å². The molecule has 1 N–H and O–H groups in total. The molecule has 122 valence electrons. The zero-order valence-electron chi connectivity index (χ0n) is 12.1. The summed E-state index contributed by atoms with van der Waals surface area (Å²) in [6, 6.07) is 5.88. The van der Waals surface area contributed by atoms with Gasteiger partial charge in [0.1, 0.15) is 0 Å². The van der Waals surface area contributed by atoms with Gasteiger partial charge in [0, 0.05) is 30.2 Å². The Labute approximate surface area is 138 Å². The SMILES string of the molecule is O=C(Nc1nccs1)c1ccc(S(=O)(=O)N2CCOCC2)cc1. The van der Waals surface area contributed by atoms with Gasteiger partial charge < -0.3 is 4.74 Å². The second kappa shape index (κ2) is 6.75. The molecule has 1 aliphatic rings. The van der Waals surface area contributed by atoms with Gasteiger partial charge in [0.05, 0.1) is 18.1 Å². The Morgan fingerprint density at radius 2 is 1.91 bits per heavy atom. The standard InChI is InChI=1S/C14H15N3O4S2/c18-13(16-14-15-5-10-22-14)11-1-3-12(4-2-11)23(19,20)17-6-8-21-9-7-17/h1-5,10H,6-9H2,(H,15,16,18). The molecule has 2 heterocycles. The van der Waals surface area contributed by atoms with Gasteiger partial charge in [-0.2, -0.15) is 4.31 Å². The molecule has 7 nitrogen and oxygen atoms in total. The summed E-state index contributed by atoms with van der Waals surface area (Å²) in [6.45, 7) is 1.48. The van der Waals surface area contributed by atoms with Crippen LogP contribution in [0.3, 0.4) is 0 Å². The van der Waals surface area contributed by atoms with Crippen molar-refractivity contribution in [3.63, 3.8) is 0 Å². The van der Waals surface area contributed by atoms with Crippen molar-refractivity contribution >= 4 is 32.4 Å². The maximum Gasteiger partial charge on any atom is 0.257 e. The number of thiazole rings is 1. The molecule has 1 saturated heterocycles. The number of hydrogen-bond donors (Lipinski definition) is 1. The fourth-order valence-electron chi connectivity index (χ4n) is 2.17. The number of nitrogens with zero attached hydrogens (tertiary/aromatic N) is 2. The van der Waals surface area contributed by atoms with E-state index in [2.05, 4.69) is 10.3 Å². The van der Waals surface area contributed by atoms with Crippen LogP contribution in [0, 0.1) is 0 Å². The summed E-state index contributed by atoms with van der Waals surface area (Å²) in [4.78, 5) is 16.2. The van der Waals surface area contributed by atoms with Crippen LogP contribution in [0.15, 0.2) is 40.7 Å². The van der Waals surface area contributed by atoms with Gasteiger partial charge in [0.2, 0.25) is 10.0 Å². The molecule has 0 atom stereocenters. The smallest absolute Gasteiger partial charge is 0.257 e. The Morgan fingerprint density at radius 1 is 1.22 bits per heavy atom. The molecule has 1 fully saturated rings. The minimum absolute atomic E-state index is 0.171. The zero-order chi connectivity index (χ0) is 16.3. The van der Waals surface area contributed by atoms with E-state index in [-0.39, 0.29) is 10.8 Å². The lowest BCUT2D eigenvalue weighted by atomic mass is 10.2. The normalized spacial score (nSPS) is 16.2. The maximum atomic E-state index is 12.5. The van der Waals surface area contributed by atoms with Gasteiger partial charge in [-0.25, -0.2) is 13.4 Å². The van der Waals surface area contributed by atoms with Gasteiger partial charge in [-0.3, -0.25) is 10.1 Å². The lowest BCUT2D eigenvalue weighted by Crippen LogP contribution is -2.40. The molecular formula is C14H15N3O4S2. The summed E-state index contributed by atoms with van der Waals surface area (Å²) in [6.07, 6.45) is 1.60. The molecule has 1 aliphatic heterocycles. The van der Waals surface area contributed by atoms with E-state index < -0.39 is 10.0 Å². The first-order valence-corrected chi connectivity index (χ1v) is 9.28. The number of ether oxygens (including phenoxy) is 1. The Kier molecular flexibility index (Phi) is 4.71. The van der Waals surface area contributed by atoms with Crippen molar-refractivity contribution in [3.05, 3.63) is 41.4 Å². The van der Waals surface area contributed by atoms with Crippen LogP contribution in [0.4, 0.5) is 5.13 Å². The number of carbonyl (C=O) groups excluding carboxylic acids is 1. The molecule has 0 bridgehead atoms. The van der Waals surface area contributed by atoms with E-state index in [0.29, 0.717) is 37.0 Å². The molecule has 23 heavy (non-hydrogen) atoms. The number of morpholine rings is 1. The largest absolute Gasteiger partial charge is 0.379 e. The maximum absolute atomic E-state index is 12.5. The molecule has 1 aromatic carbocycles.